The molecule has 0 saturated heterocycles. The van der Waals surface area contributed by atoms with Crippen LogP contribution in [0.4, 0.5) is 34.1 Å². The summed E-state index contributed by atoms with van der Waals surface area (Å²) in [6.45, 7) is 13.8. The van der Waals surface area contributed by atoms with Crippen molar-refractivity contribution >= 4 is 130 Å². The molecule has 0 aliphatic rings. The molecular weight excluding hydrogens is 917 g/mol. The summed E-state index contributed by atoms with van der Waals surface area (Å²) in [6.07, 6.45) is 14.5. The molecule has 0 bridgehead atoms. The minimum absolute atomic E-state index is 0.235. The largest absolute Gasteiger partial charge is 0.454 e. The van der Waals surface area contributed by atoms with Crippen molar-refractivity contribution in [1.29, 1.82) is 0 Å². The lowest BCUT2D eigenvalue weighted by atomic mass is 9.84. The van der Waals surface area contributed by atoms with E-state index in [1.807, 2.05) is 0 Å². The molecule has 72 heavy (non-hydrogen) atoms. The molecule has 0 aliphatic carbocycles. The standard InChI is InChI=1S/C66H64N2O2S2/c1-39(2)55-37-59(67(43-32-41(5)31-42(6)33-43)57-23-17-21-51-47-19-13-15-25-61(47)69-65(51)57)53-29-27-50-56(40(3)4)38-60(54-30-28-49(55)63(53)64(50)54)68(44-34-45(71(7,8)9)36-46(35-44)72(10,11)12)58-24-18-22-52-48-20-14-16-26-62(48)70-66(52)58/h13-40H,1-12H3. The third kappa shape index (κ3) is 7.43. The molecule has 0 amide bonds. The maximum atomic E-state index is 7.00. The van der Waals surface area contributed by atoms with Gasteiger partial charge < -0.3 is 18.6 Å². The van der Waals surface area contributed by atoms with Gasteiger partial charge in [-0.2, -0.15) is 0 Å². The number of rotatable bonds is 10. The number of para-hydroxylation sites is 4. The number of hydrogen-bond donors (Lipinski definition) is 0. The summed E-state index contributed by atoms with van der Waals surface area (Å²) in [5, 5.41) is 12.0. The lowest BCUT2D eigenvalue weighted by Gasteiger charge is -2.35. The molecule has 0 atom stereocenters. The molecule has 362 valence electrons. The van der Waals surface area contributed by atoms with Crippen molar-refractivity contribution in [3.63, 3.8) is 0 Å². The van der Waals surface area contributed by atoms with Crippen molar-refractivity contribution < 1.29 is 8.83 Å². The Labute approximate surface area is 427 Å². The zero-order valence-electron chi connectivity index (χ0n) is 43.7. The van der Waals surface area contributed by atoms with E-state index in [9.17, 15) is 0 Å². The first-order chi connectivity index (χ1) is 34.4. The summed E-state index contributed by atoms with van der Waals surface area (Å²) < 4.78 is 13.9. The Kier molecular flexibility index (Phi) is 10.8. The number of fused-ring (bicyclic) bond motifs is 6. The van der Waals surface area contributed by atoms with Gasteiger partial charge >= 0.3 is 0 Å². The molecule has 0 saturated carbocycles. The van der Waals surface area contributed by atoms with Crippen molar-refractivity contribution in [3.05, 3.63) is 180 Å². The SMILES string of the molecule is Cc1cc(C)cc(N(c2cc(C(C)C)c3ccc4c(N(c5cc(S(C)(C)C)cc(S(C)(C)C)c5)c5cccc6c5oc5ccccc56)cc(C(C)C)c5ccc2c3c54)c2cccc3c2oc2ccccc23)c1. The number of hydrogen-bond acceptors (Lipinski definition) is 4. The molecule has 4 nitrogen and oxygen atoms in total. The second-order valence-electron chi connectivity index (χ2n) is 22.2. The Morgan fingerprint density at radius 3 is 1.17 bits per heavy atom. The van der Waals surface area contributed by atoms with Crippen LogP contribution >= 0.6 is 20.1 Å². The minimum Gasteiger partial charge on any atom is -0.454 e. The fourth-order valence-corrected chi connectivity index (χ4v) is 13.4. The quantitative estimate of drug-likeness (QED) is 0.128. The first kappa shape index (κ1) is 46.2. The fourth-order valence-electron chi connectivity index (χ4n) is 11.4. The summed E-state index contributed by atoms with van der Waals surface area (Å²) in [5.41, 5.74) is 15.2. The highest BCUT2D eigenvalue weighted by atomic mass is 32.3. The Bertz CT molecular complexity index is 4070. The van der Waals surface area contributed by atoms with Gasteiger partial charge in [0.25, 0.3) is 0 Å². The topological polar surface area (TPSA) is 32.8 Å². The van der Waals surface area contributed by atoms with E-state index in [2.05, 4.69) is 247 Å². The molecule has 12 aromatic rings. The van der Waals surface area contributed by atoms with Crippen LogP contribution < -0.4 is 9.80 Å². The van der Waals surface area contributed by atoms with Gasteiger partial charge in [-0.05, 0) is 184 Å². The van der Waals surface area contributed by atoms with E-state index >= 15 is 0 Å². The summed E-state index contributed by atoms with van der Waals surface area (Å²) >= 11 is 0. The van der Waals surface area contributed by atoms with Gasteiger partial charge in [0.15, 0.2) is 11.2 Å². The first-order valence-electron chi connectivity index (χ1n) is 25.2. The van der Waals surface area contributed by atoms with Crippen LogP contribution in [-0.2, 0) is 0 Å². The number of benzene rings is 10. The highest BCUT2D eigenvalue weighted by Crippen LogP contribution is 2.57. The van der Waals surface area contributed by atoms with Gasteiger partial charge in [0.1, 0.15) is 11.2 Å². The predicted molar refractivity (Wildman–Crippen MR) is 319 cm³/mol. The van der Waals surface area contributed by atoms with Crippen LogP contribution in [-0.4, -0.2) is 37.5 Å². The van der Waals surface area contributed by atoms with Gasteiger partial charge in [-0.3, -0.25) is 0 Å². The molecule has 2 heterocycles. The Morgan fingerprint density at radius 2 is 0.750 bits per heavy atom. The van der Waals surface area contributed by atoms with Crippen LogP contribution in [0.2, 0.25) is 0 Å². The van der Waals surface area contributed by atoms with Crippen LogP contribution in [0, 0.1) is 13.8 Å². The summed E-state index contributed by atoms with van der Waals surface area (Å²) in [5.74, 6) is 0.474. The lowest BCUT2D eigenvalue weighted by Crippen LogP contribution is -2.14. The second kappa shape index (κ2) is 16.9. The molecule has 0 N–H and O–H groups in total. The second-order valence-corrected chi connectivity index (χ2v) is 30.5. The lowest BCUT2D eigenvalue weighted by molar-refractivity contribution is 0.668. The van der Waals surface area contributed by atoms with Gasteiger partial charge in [-0.25, -0.2) is 20.1 Å². The molecule has 0 fully saturated rings. The number of anilines is 6. The molecule has 12 rings (SSSR count). The molecule has 6 heteroatoms. The molecular formula is C66H64N2O2S2. The molecule has 0 unspecified atom stereocenters. The zero-order valence-corrected chi connectivity index (χ0v) is 45.3. The van der Waals surface area contributed by atoms with Crippen molar-refractivity contribution in [3.8, 4) is 0 Å². The molecule has 0 radical (unpaired) electrons. The zero-order chi connectivity index (χ0) is 50.1. The van der Waals surface area contributed by atoms with E-state index in [-0.39, 0.29) is 11.8 Å². The minimum atomic E-state index is -1.12. The third-order valence-corrected chi connectivity index (χ3v) is 18.2. The van der Waals surface area contributed by atoms with Crippen molar-refractivity contribution in [2.75, 3.05) is 47.3 Å². The monoisotopic (exact) mass is 980 g/mol. The van der Waals surface area contributed by atoms with Gasteiger partial charge in [-0.15, -0.1) is 0 Å². The maximum Gasteiger partial charge on any atom is 0.159 e. The van der Waals surface area contributed by atoms with Crippen molar-refractivity contribution in [2.45, 2.75) is 63.2 Å². The highest BCUT2D eigenvalue weighted by Gasteiger charge is 2.30. The molecule has 0 spiro atoms. The normalized spacial score (nSPS) is 13.1. The Balaban J connectivity index is 1.23. The van der Waals surface area contributed by atoms with Crippen LogP contribution in [0.3, 0.4) is 0 Å². The predicted octanol–water partition coefficient (Wildman–Crippen LogP) is 20.3. The van der Waals surface area contributed by atoms with E-state index in [0.717, 1.165) is 78.0 Å². The number of aryl methyl sites for hydroxylation is 2. The average Bonchev–Trinajstić information content (AvgIpc) is 3.92. The van der Waals surface area contributed by atoms with Crippen molar-refractivity contribution in [1.82, 2.24) is 0 Å². The van der Waals surface area contributed by atoms with Gasteiger partial charge in [-0.1, -0.05) is 119 Å². The molecule has 0 aliphatic heterocycles. The fraction of sp³-hybridized carbons (Fsp3) is 0.212. The molecule has 2 aromatic heterocycles. The van der Waals surface area contributed by atoms with E-state index in [1.165, 1.54) is 64.4 Å². The Hall–Kier alpha value is -6.86. The van der Waals surface area contributed by atoms with Gasteiger partial charge in [0, 0.05) is 43.7 Å². The third-order valence-electron chi connectivity index (χ3n) is 14.9. The summed E-state index contributed by atoms with van der Waals surface area (Å²) in [6, 6.07) is 59.3. The highest BCUT2D eigenvalue weighted by molar-refractivity contribution is 8.32. The summed E-state index contributed by atoms with van der Waals surface area (Å²) in [4.78, 5) is 7.84. The first-order valence-corrected chi connectivity index (χ1v) is 31.0. The smallest absolute Gasteiger partial charge is 0.159 e. The van der Waals surface area contributed by atoms with Crippen LogP contribution in [0.25, 0.3) is 76.2 Å². The summed E-state index contributed by atoms with van der Waals surface area (Å²) in [7, 11) is -2.24. The van der Waals surface area contributed by atoms with Crippen LogP contribution in [0.1, 0.15) is 61.8 Å². The van der Waals surface area contributed by atoms with E-state index < -0.39 is 20.1 Å². The van der Waals surface area contributed by atoms with E-state index in [1.54, 1.807) is 0 Å². The average molecular weight is 981 g/mol. The van der Waals surface area contributed by atoms with Gasteiger partial charge in [0.2, 0.25) is 0 Å². The Morgan fingerprint density at radius 1 is 0.361 bits per heavy atom. The van der Waals surface area contributed by atoms with E-state index in [4.69, 9.17) is 8.83 Å². The van der Waals surface area contributed by atoms with Crippen LogP contribution in [0.15, 0.2) is 176 Å². The van der Waals surface area contributed by atoms with Gasteiger partial charge in [0.05, 0.1) is 22.7 Å². The van der Waals surface area contributed by atoms with E-state index in [0.29, 0.717) is 0 Å². The van der Waals surface area contributed by atoms with Crippen molar-refractivity contribution in [2.24, 2.45) is 0 Å². The van der Waals surface area contributed by atoms with Crippen LogP contribution in [0.5, 0.6) is 0 Å². The number of nitrogens with zero attached hydrogens (tertiary/aromatic N) is 2. The molecule has 10 aromatic carbocycles. The maximum absolute atomic E-state index is 7.00. The number of furan rings is 2.